The van der Waals surface area contributed by atoms with Crippen molar-refractivity contribution in [2.45, 2.75) is 19.8 Å². The van der Waals surface area contributed by atoms with Gasteiger partial charge in [0, 0.05) is 12.8 Å². The summed E-state index contributed by atoms with van der Waals surface area (Å²) in [6.45, 7) is 1.88. The van der Waals surface area contributed by atoms with Gasteiger partial charge >= 0.3 is 5.97 Å². The van der Waals surface area contributed by atoms with Gasteiger partial charge in [-0.25, -0.2) is 0 Å². The van der Waals surface area contributed by atoms with E-state index in [0.29, 0.717) is 6.29 Å². The Bertz CT molecular complexity index is 202. The molecule has 0 bridgehead atoms. The molecule has 5 heteroatoms. The Hall–Kier alpha value is -1.39. The zero-order valence-corrected chi connectivity index (χ0v) is 7.49. The maximum Gasteiger partial charge on any atom is 0.309 e. The molecule has 0 aromatic heterocycles. The first-order chi connectivity index (χ1) is 6.11. The minimum Gasteiger partial charge on any atom is -0.466 e. The van der Waals surface area contributed by atoms with Gasteiger partial charge in [-0.05, 0) is 6.92 Å². The molecule has 0 aromatic rings. The summed E-state index contributed by atoms with van der Waals surface area (Å²) in [6.07, 6.45) is 0.407. The van der Waals surface area contributed by atoms with Crippen molar-refractivity contribution < 1.29 is 19.1 Å². The number of primary amides is 1. The van der Waals surface area contributed by atoms with Gasteiger partial charge in [0.25, 0.3) is 0 Å². The van der Waals surface area contributed by atoms with Crippen molar-refractivity contribution >= 4 is 18.2 Å². The summed E-state index contributed by atoms with van der Waals surface area (Å²) in [5.41, 5.74) is 4.89. The predicted molar refractivity (Wildman–Crippen MR) is 44.6 cm³/mol. The average Bonchev–Trinajstić information content (AvgIpc) is 2.03. The second-order valence-electron chi connectivity index (χ2n) is 2.52. The van der Waals surface area contributed by atoms with Crippen LogP contribution in [0.15, 0.2) is 0 Å². The maximum atomic E-state index is 11.1. The fourth-order valence-electron chi connectivity index (χ4n) is 0.882. The molecule has 1 amide bonds. The van der Waals surface area contributed by atoms with Crippen LogP contribution < -0.4 is 5.73 Å². The van der Waals surface area contributed by atoms with Gasteiger partial charge in [-0.15, -0.1) is 0 Å². The first kappa shape index (κ1) is 11.6. The van der Waals surface area contributed by atoms with Crippen LogP contribution in [-0.2, 0) is 19.1 Å². The number of aldehydes is 1. The Labute approximate surface area is 76.2 Å². The molecule has 0 saturated heterocycles. The minimum atomic E-state index is -0.727. The van der Waals surface area contributed by atoms with Crippen LogP contribution in [0.5, 0.6) is 0 Å². The highest BCUT2D eigenvalue weighted by Gasteiger charge is 2.21. The minimum absolute atomic E-state index is 0.0260. The maximum absolute atomic E-state index is 11.1. The Morgan fingerprint density at radius 3 is 2.54 bits per heavy atom. The summed E-state index contributed by atoms with van der Waals surface area (Å²) >= 11 is 0. The van der Waals surface area contributed by atoms with Crippen molar-refractivity contribution in [1.82, 2.24) is 0 Å². The fraction of sp³-hybridized carbons (Fsp3) is 0.625. The number of carbonyl (C=O) groups is 3. The van der Waals surface area contributed by atoms with E-state index in [1.807, 2.05) is 0 Å². The molecule has 13 heavy (non-hydrogen) atoms. The first-order valence-corrected chi connectivity index (χ1v) is 4.00. The molecule has 0 aliphatic heterocycles. The third-order valence-corrected chi connectivity index (χ3v) is 1.45. The van der Waals surface area contributed by atoms with Gasteiger partial charge in [-0.2, -0.15) is 0 Å². The molecule has 0 rings (SSSR count). The highest BCUT2D eigenvalue weighted by molar-refractivity contribution is 5.83. The molecule has 2 N–H and O–H groups in total. The van der Waals surface area contributed by atoms with Crippen LogP contribution in [0.3, 0.4) is 0 Å². The van der Waals surface area contributed by atoms with Gasteiger partial charge in [-0.1, -0.05) is 0 Å². The van der Waals surface area contributed by atoms with Gasteiger partial charge in [0.15, 0.2) is 0 Å². The molecule has 0 aliphatic rings. The summed E-state index contributed by atoms with van der Waals surface area (Å²) in [5, 5.41) is 0. The summed E-state index contributed by atoms with van der Waals surface area (Å²) < 4.78 is 4.65. The quantitative estimate of drug-likeness (QED) is 0.454. The van der Waals surface area contributed by atoms with Crippen molar-refractivity contribution in [3.05, 3.63) is 0 Å². The molecular weight excluding hydrogens is 174 g/mol. The lowest BCUT2D eigenvalue weighted by molar-refractivity contribution is -0.150. The van der Waals surface area contributed by atoms with E-state index < -0.39 is 17.8 Å². The smallest absolute Gasteiger partial charge is 0.309 e. The Morgan fingerprint density at radius 1 is 1.54 bits per heavy atom. The molecule has 0 aliphatic carbocycles. The normalized spacial score (nSPS) is 11.8. The zero-order valence-electron chi connectivity index (χ0n) is 7.49. The van der Waals surface area contributed by atoms with Gasteiger partial charge < -0.3 is 15.3 Å². The fourth-order valence-corrected chi connectivity index (χ4v) is 0.882. The number of amides is 1. The number of rotatable bonds is 6. The third-order valence-electron chi connectivity index (χ3n) is 1.45. The van der Waals surface area contributed by atoms with E-state index in [0.717, 1.165) is 0 Å². The second-order valence-corrected chi connectivity index (χ2v) is 2.52. The molecule has 74 valence electrons. The Kier molecular flexibility index (Phi) is 5.50. The summed E-state index contributed by atoms with van der Waals surface area (Å²) in [7, 11) is 0. The van der Waals surface area contributed by atoms with E-state index in [4.69, 9.17) is 5.73 Å². The SMILES string of the molecule is CCOC(=O)C(CC=O)CC(N)=O. The van der Waals surface area contributed by atoms with E-state index in [-0.39, 0.29) is 19.4 Å². The average molecular weight is 187 g/mol. The van der Waals surface area contributed by atoms with Crippen LogP contribution in [0.4, 0.5) is 0 Å². The molecule has 0 heterocycles. The van der Waals surface area contributed by atoms with Crippen LogP contribution in [0, 0.1) is 5.92 Å². The molecule has 0 radical (unpaired) electrons. The number of ether oxygens (including phenoxy) is 1. The lowest BCUT2D eigenvalue weighted by Gasteiger charge is -2.09. The van der Waals surface area contributed by atoms with Crippen molar-refractivity contribution in [3.63, 3.8) is 0 Å². The van der Waals surface area contributed by atoms with E-state index in [1.54, 1.807) is 6.92 Å². The summed E-state index contributed by atoms with van der Waals surface area (Å²) in [5.74, 6) is -1.89. The zero-order chi connectivity index (χ0) is 10.3. The lowest BCUT2D eigenvalue weighted by Crippen LogP contribution is -2.24. The molecule has 1 unspecified atom stereocenters. The second kappa shape index (κ2) is 6.16. The molecule has 1 atom stereocenters. The highest BCUT2D eigenvalue weighted by Crippen LogP contribution is 2.08. The topological polar surface area (TPSA) is 86.5 Å². The van der Waals surface area contributed by atoms with Crippen molar-refractivity contribution in [2.75, 3.05) is 6.61 Å². The Balaban J connectivity index is 4.13. The third kappa shape index (κ3) is 4.95. The largest absolute Gasteiger partial charge is 0.466 e. The van der Waals surface area contributed by atoms with Crippen LogP contribution in [0.2, 0.25) is 0 Å². The number of carbonyl (C=O) groups excluding carboxylic acids is 3. The van der Waals surface area contributed by atoms with E-state index >= 15 is 0 Å². The number of nitrogens with two attached hydrogens (primary N) is 1. The molecule has 0 saturated carbocycles. The van der Waals surface area contributed by atoms with Crippen LogP contribution in [-0.4, -0.2) is 24.8 Å². The molecule has 0 spiro atoms. The van der Waals surface area contributed by atoms with E-state index in [9.17, 15) is 14.4 Å². The van der Waals surface area contributed by atoms with Crippen molar-refractivity contribution in [1.29, 1.82) is 0 Å². The van der Waals surface area contributed by atoms with Gasteiger partial charge in [-0.3, -0.25) is 9.59 Å². The molecule has 0 aromatic carbocycles. The van der Waals surface area contributed by atoms with Gasteiger partial charge in [0.2, 0.25) is 5.91 Å². The number of hydrogen-bond acceptors (Lipinski definition) is 4. The summed E-state index contributed by atoms with van der Waals surface area (Å²) in [6, 6.07) is 0. The first-order valence-electron chi connectivity index (χ1n) is 4.00. The van der Waals surface area contributed by atoms with Crippen molar-refractivity contribution in [2.24, 2.45) is 11.7 Å². The van der Waals surface area contributed by atoms with Crippen LogP contribution >= 0.6 is 0 Å². The summed E-state index contributed by atoms with van der Waals surface area (Å²) in [4.78, 5) is 31.7. The molecular formula is C8H13NO4. The van der Waals surface area contributed by atoms with Crippen LogP contribution in [0.25, 0.3) is 0 Å². The standard InChI is InChI=1S/C8H13NO4/c1-2-13-8(12)6(3-4-10)5-7(9)11/h4,6H,2-3,5H2,1H3,(H2,9,11). The number of esters is 1. The Morgan fingerprint density at radius 2 is 2.15 bits per heavy atom. The van der Waals surface area contributed by atoms with E-state index in [2.05, 4.69) is 4.74 Å². The van der Waals surface area contributed by atoms with Gasteiger partial charge in [0.05, 0.1) is 12.5 Å². The highest BCUT2D eigenvalue weighted by atomic mass is 16.5. The van der Waals surface area contributed by atoms with Gasteiger partial charge in [0.1, 0.15) is 6.29 Å². The monoisotopic (exact) mass is 187 g/mol. The molecule has 5 nitrogen and oxygen atoms in total. The van der Waals surface area contributed by atoms with E-state index in [1.165, 1.54) is 0 Å². The van der Waals surface area contributed by atoms with Crippen molar-refractivity contribution in [3.8, 4) is 0 Å². The van der Waals surface area contributed by atoms with Crippen LogP contribution in [0.1, 0.15) is 19.8 Å². The number of hydrogen-bond donors (Lipinski definition) is 1. The predicted octanol–water partition coefficient (Wildman–Crippen LogP) is -0.370. The molecule has 0 fully saturated rings. The lowest BCUT2D eigenvalue weighted by atomic mass is 10.0.